The molecule has 116 valence electrons. The molecule has 0 aliphatic rings. The van der Waals surface area contributed by atoms with E-state index in [1.54, 1.807) is 0 Å². The number of anilines is 1. The van der Waals surface area contributed by atoms with Gasteiger partial charge in [0.2, 0.25) is 0 Å². The Kier molecular flexibility index (Phi) is 16.1. The van der Waals surface area contributed by atoms with E-state index in [9.17, 15) is 0 Å². The average Bonchev–Trinajstić information content (AvgIpc) is 2.49. The van der Waals surface area contributed by atoms with Crippen LogP contribution in [0.15, 0.2) is 24.3 Å². The van der Waals surface area contributed by atoms with Gasteiger partial charge in [-0.05, 0) is 24.3 Å². The SMILES string of the molecule is C=O.CCCCC.CN(C)c1ccc(OCCO)cc1. The summed E-state index contributed by atoms with van der Waals surface area (Å²) in [7, 11) is 3.98. The van der Waals surface area contributed by atoms with Gasteiger partial charge in [-0.3, -0.25) is 0 Å². The van der Waals surface area contributed by atoms with Crippen LogP contribution in [-0.4, -0.2) is 39.2 Å². The number of hydrogen-bond donors (Lipinski definition) is 1. The summed E-state index contributed by atoms with van der Waals surface area (Å²) < 4.78 is 5.22. The zero-order valence-electron chi connectivity index (χ0n) is 13.3. The smallest absolute Gasteiger partial charge is 0.119 e. The highest BCUT2D eigenvalue weighted by molar-refractivity contribution is 5.47. The summed E-state index contributed by atoms with van der Waals surface area (Å²) in [6.07, 6.45) is 4.08. The van der Waals surface area contributed by atoms with Crippen molar-refractivity contribution in [3.8, 4) is 5.75 Å². The lowest BCUT2D eigenvalue weighted by molar-refractivity contribution is -0.0979. The van der Waals surface area contributed by atoms with Crippen molar-refractivity contribution in [1.29, 1.82) is 0 Å². The lowest BCUT2D eigenvalue weighted by Gasteiger charge is -2.12. The van der Waals surface area contributed by atoms with Crippen molar-refractivity contribution in [2.45, 2.75) is 33.1 Å². The van der Waals surface area contributed by atoms with E-state index in [2.05, 4.69) is 13.8 Å². The van der Waals surface area contributed by atoms with E-state index in [4.69, 9.17) is 14.6 Å². The minimum Gasteiger partial charge on any atom is -0.491 e. The van der Waals surface area contributed by atoms with Crippen molar-refractivity contribution >= 4 is 12.5 Å². The van der Waals surface area contributed by atoms with E-state index in [1.165, 1.54) is 19.3 Å². The number of nitrogens with zero attached hydrogens (tertiary/aromatic N) is 1. The van der Waals surface area contributed by atoms with Crippen LogP contribution in [0.25, 0.3) is 0 Å². The second-order valence-electron chi connectivity index (χ2n) is 4.31. The minimum atomic E-state index is 0.0510. The highest BCUT2D eigenvalue weighted by atomic mass is 16.5. The Bertz CT molecular complexity index is 297. The van der Waals surface area contributed by atoms with Crippen LogP contribution in [0.4, 0.5) is 5.69 Å². The van der Waals surface area contributed by atoms with Crippen molar-refractivity contribution in [2.24, 2.45) is 0 Å². The molecule has 0 aliphatic heterocycles. The molecule has 0 saturated carbocycles. The third-order valence-corrected chi connectivity index (χ3v) is 2.42. The number of unbranched alkanes of at least 4 members (excludes halogenated alkanes) is 2. The van der Waals surface area contributed by atoms with E-state index in [0.717, 1.165) is 11.4 Å². The molecule has 0 aromatic heterocycles. The number of ether oxygens (including phenoxy) is 1. The second kappa shape index (κ2) is 15.5. The minimum absolute atomic E-state index is 0.0510. The molecule has 0 spiro atoms. The van der Waals surface area contributed by atoms with Gasteiger partial charge in [0, 0.05) is 19.8 Å². The number of carbonyl (C=O) groups excluding carboxylic acids is 1. The maximum absolute atomic E-state index is 8.54. The Balaban J connectivity index is 0. The molecule has 0 radical (unpaired) electrons. The fourth-order valence-corrected chi connectivity index (χ4v) is 1.36. The van der Waals surface area contributed by atoms with Gasteiger partial charge in [0.25, 0.3) is 0 Å². The molecule has 1 aromatic carbocycles. The molecule has 1 rings (SSSR count). The molecule has 0 bridgehead atoms. The number of aliphatic hydroxyl groups excluding tert-OH is 1. The summed E-state index contributed by atoms with van der Waals surface area (Å²) in [5.74, 6) is 0.791. The van der Waals surface area contributed by atoms with E-state index in [-0.39, 0.29) is 6.61 Å². The van der Waals surface area contributed by atoms with Crippen molar-refractivity contribution in [2.75, 3.05) is 32.2 Å². The quantitative estimate of drug-likeness (QED) is 0.871. The highest BCUT2D eigenvalue weighted by Gasteiger charge is 1.95. The zero-order valence-corrected chi connectivity index (χ0v) is 13.3. The van der Waals surface area contributed by atoms with Crippen molar-refractivity contribution in [3.05, 3.63) is 24.3 Å². The Morgan fingerprint density at radius 1 is 1.10 bits per heavy atom. The Morgan fingerprint density at radius 3 is 1.90 bits per heavy atom. The van der Waals surface area contributed by atoms with Crippen LogP contribution < -0.4 is 9.64 Å². The van der Waals surface area contributed by atoms with Crippen LogP contribution in [-0.2, 0) is 4.79 Å². The Morgan fingerprint density at radius 2 is 1.60 bits per heavy atom. The number of benzene rings is 1. The van der Waals surface area contributed by atoms with Crippen molar-refractivity contribution in [3.63, 3.8) is 0 Å². The highest BCUT2D eigenvalue weighted by Crippen LogP contribution is 2.17. The largest absolute Gasteiger partial charge is 0.491 e. The zero-order chi connectivity index (χ0) is 15.8. The summed E-state index contributed by atoms with van der Waals surface area (Å²) in [6.45, 7) is 6.82. The first kappa shape index (κ1) is 20.8. The molecule has 0 atom stereocenters. The van der Waals surface area contributed by atoms with Crippen LogP contribution >= 0.6 is 0 Å². The van der Waals surface area contributed by atoms with Crippen LogP contribution in [0.3, 0.4) is 0 Å². The second-order valence-corrected chi connectivity index (χ2v) is 4.31. The van der Waals surface area contributed by atoms with Gasteiger partial charge in [0.05, 0.1) is 6.61 Å². The van der Waals surface area contributed by atoms with Gasteiger partial charge in [0.15, 0.2) is 0 Å². The Labute approximate surface area is 123 Å². The monoisotopic (exact) mass is 283 g/mol. The van der Waals surface area contributed by atoms with Gasteiger partial charge in [-0.1, -0.05) is 33.1 Å². The fraction of sp³-hybridized carbons (Fsp3) is 0.562. The Hall–Kier alpha value is -1.55. The lowest BCUT2D eigenvalue weighted by Crippen LogP contribution is -2.08. The number of hydrogen-bond acceptors (Lipinski definition) is 4. The molecule has 1 aromatic rings. The molecule has 0 amide bonds. The molecule has 0 saturated heterocycles. The first-order valence-corrected chi connectivity index (χ1v) is 6.95. The number of carbonyl (C=O) groups is 1. The van der Waals surface area contributed by atoms with Gasteiger partial charge >= 0.3 is 0 Å². The third kappa shape index (κ3) is 11.5. The summed E-state index contributed by atoms with van der Waals surface area (Å²) in [4.78, 5) is 10.0. The van der Waals surface area contributed by atoms with Crippen LogP contribution in [0.2, 0.25) is 0 Å². The van der Waals surface area contributed by atoms with Crippen molar-refractivity contribution in [1.82, 2.24) is 0 Å². The standard InChI is InChI=1S/C10H15NO2.C5H12.CH2O/c1-11(2)9-3-5-10(6-4-9)13-8-7-12;1-3-5-4-2;1-2/h3-6,12H,7-8H2,1-2H3;3-5H2,1-2H3;1H2. The van der Waals surface area contributed by atoms with Gasteiger partial charge in [-0.2, -0.15) is 0 Å². The molecule has 0 aliphatic carbocycles. The van der Waals surface area contributed by atoms with E-state index < -0.39 is 0 Å². The summed E-state index contributed by atoms with van der Waals surface area (Å²) >= 11 is 0. The molecule has 0 heterocycles. The molecule has 0 fully saturated rings. The molecule has 1 N–H and O–H groups in total. The number of aliphatic hydroxyl groups is 1. The van der Waals surface area contributed by atoms with Gasteiger partial charge in [-0.15, -0.1) is 0 Å². The maximum Gasteiger partial charge on any atom is 0.119 e. The van der Waals surface area contributed by atoms with Crippen LogP contribution in [0.1, 0.15) is 33.1 Å². The molecule has 0 unspecified atom stereocenters. The summed E-state index contributed by atoms with van der Waals surface area (Å²) in [5, 5.41) is 8.54. The predicted octanol–water partition coefficient (Wildman–Crippen LogP) is 3.14. The van der Waals surface area contributed by atoms with Gasteiger partial charge in [0.1, 0.15) is 19.1 Å². The lowest BCUT2D eigenvalue weighted by atomic mass is 10.3. The van der Waals surface area contributed by atoms with Gasteiger partial charge < -0.3 is 19.5 Å². The topological polar surface area (TPSA) is 49.8 Å². The van der Waals surface area contributed by atoms with Crippen LogP contribution in [0, 0.1) is 0 Å². The predicted molar refractivity (Wildman–Crippen MR) is 85.7 cm³/mol. The van der Waals surface area contributed by atoms with Crippen molar-refractivity contribution < 1.29 is 14.6 Å². The first-order chi connectivity index (χ1) is 9.65. The number of rotatable bonds is 6. The molecular formula is C16H29NO3. The summed E-state index contributed by atoms with van der Waals surface area (Å²) in [6, 6.07) is 7.75. The third-order valence-electron chi connectivity index (χ3n) is 2.42. The van der Waals surface area contributed by atoms with E-state index in [1.807, 2.05) is 50.0 Å². The molecule has 4 heteroatoms. The van der Waals surface area contributed by atoms with E-state index in [0.29, 0.717) is 6.61 Å². The molecule has 4 nitrogen and oxygen atoms in total. The van der Waals surface area contributed by atoms with Crippen LogP contribution in [0.5, 0.6) is 5.75 Å². The normalized spacial score (nSPS) is 8.65. The van der Waals surface area contributed by atoms with Gasteiger partial charge in [-0.25, -0.2) is 0 Å². The maximum atomic E-state index is 8.54. The first-order valence-electron chi connectivity index (χ1n) is 6.95. The van der Waals surface area contributed by atoms with E-state index >= 15 is 0 Å². The summed E-state index contributed by atoms with van der Waals surface area (Å²) in [5.41, 5.74) is 1.14. The molecular weight excluding hydrogens is 254 g/mol. The average molecular weight is 283 g/mol. The fourth-order valence-electron chi connectivity index (χ4n) is 1.36. The molecule has 20 heavy (non-hydrogen) atoms.